The highest BCUT2D eigenvalue weighted by atomic mass is 16.2. The van der Waals surface area contributed by atoms with E-state index in [1.807, 2.05) is 58.3 Å². The Hall–Kier alpha value is -2.62. The van der Waals surface area contributed by atoms with E-state index in [-0.39, 0.29) is 23.9 Å². The number of carbonyl (C=O) groups excluding carboxylic acids is 2. The van der Waals surface area contributed by atoms with Crippen LogP contribution in [0.1, 0.15) is 57.5 Å². The van der Waals surface area contributed by atoms with Crippen LogP contribution in [-0.2, 0) is 13.1 Å². The largest absolute Gasteiger partial charge is 0.329 e. The van der Waals surface area contributed by atoms with Crippen LogP contribution in [-0.4, -0.2) is 33.7 Å². The van der Waals surface area contributed by atoms with Gasteiger partial charge in [-0.25, -0.2) is 0 Å². The molecule has 2 atom stereocenters. The van der Waals surface area contributed by atoms with Gasteiger partial charge in [-0.15, -0.1) is 0 Å². The zero-order valence-electron chi connectivity index (χ0n) is 14.7. The summed E-state index contributed by atoms with van der Waals surface area (Å²) in [6.45, 7) is 1.34. The summed E-state index contributed by atoms with van der Waals surface area (Å²) in [5.41, 5.74) is 3.87. The maximum absolute atomic E-state index is 13.0. The minimum absolute atomic E-state index is 0.113. The lowest BCUT2D eigenvalue weighted by molar-refractivity contribution is 0.0323. The van der Waals surface area contributed by atoms with Crippen LogP contribution in [0.5, 0.6) is 0 Å². The average Bonchev–Trinajstić information content (AvgIpc) is 3.20. The second-order valence-electron chi connectivity index (χ2n) is 7.60. The summed E-state index contributed by atoms with van der Waals surface area (Å²) >= 11 is 0. The molecule has 2 heterocycles. The number of nitrogens with zero attached hydrogens (tertiary/aromatic N) is 2. The van der Waals surface area contributed by atoms with Crippen molar-refractivity contribution >= 4 is 11.8 Å². The molecule has 1 saturated carbocycles. The van der Waals surface area contributed by atoms with Crippen LogP contribution < -0.4 is 0 Å². The molecule has 2 aliphatic heterocycles. The van der Waals surface area contributed by atoms with Crippen molar-refractivity contribution in [3.8, 4) is 0 Å². The van der Waals surface area contributed by atoms with Crippen LogP contribution >= 0.6 is 0 Å². The molecule has 1 fully saturated rings. The SMILES string of the molecule is O=C1c2ccccc2CN1[C@@H]1CCCC[C@H]1N1Cc2ccccc2C1=O. The smallest absolute Gasteiger partial charge is 0.254 e. The minimum Gasteiger partial charge on any atom is -0.329 e. The minimum atomic E-state index is 0.113. The van der Waals surface area contributed by atoms with Crippen LogP contribution in [0.4, 0.5) is 0 Å². The van der Waals surface area contributed by atoms with Crippen molar-refractivity contribution in [2.24, 2.45) is 0 Å². The molecule has 4 nitrogen and oxygen atoms in total. The van der Waals surface area contributed by atoms with Gasteiger partial charge in [0.1, 0.15) is 0 Å². The summed E-state index contributed by atoms with van der Waals surface area (Å²) in [5, 5.41) is 0. The molecule has 4 heteroatoms. The van der Waals surface area contributed by atoms with E-state index in [9.17, 15) is 9.59 Å². The third-order valence-corrected chi connectivity index (χ3v) is 6.19. The third kappa shape index (κ3) is 2.28. The highest BCUT2D eigenvalue weighted by molar-refractivity contribution is 5.99. The first-order valence-corrected chi connectivity index (χ1v) is 9.52. The Labute approximate surface area is 153 Å². The molecule has 1 aliphatic carbocycles. The van der Waals surface area contributed by atoms with Gasteiger partial charge in [-0.3, -0.25) is 9.59 Å². The van der Waals surface area contributed by atoms with Crippen LogP contribution in [0.25, 0.3) is 0 Å². The van der Waals surface area contributed by atoms with Crippen LogP contribution in [0.3, 0.4) is 0 Å². The fourth-order valence-electron chi connectivity index (χ4n) is 4.91. The number of carbonyl (C=O) groups is 2. The van der Waals surface area contributed by atoms with E-state index in [0.717, 1.165) is 47.9 Å². The van der Waals surface area contributed by atoms with Gasteiger partial charge in [-0.05, 0) is 36.1 Å². The molecule has 132 valence electrons. The molecule has 0 unspecified atom stereocenters. The highest BCUT2D eigenvalue weighted by Crippen LogP contribution is 2.36. The predicted octanol–water partition coefficient (Wildman–Crippen LogP) is 3.61. The second kappa shape index (κ2) is 5.97. The predicted molar refractivity (Wildman–Crippen MR) is 98.7 cm³/mol. The normalized spacial score (nSPS) is 24.8. The number of amides is 2. The lowest BCUT2D eigenvalue weighted by Gasteiger charge is -2.42. The molecule has 0 bridgehead atoms. The molecule has 26 heavy (non-hydrogen) atoms. The fraction of sp³-hybridized carbons (Fsp3) is 0.364. The quantitative estimate of drug-likeness (QED) is 0.833. The molecular weight excluding hydrogens is 324 g/mol. The van der Waals surface area contributed by atoms with E-state index < -0.39 is 0 Å². The first-order valence-electron chi connectivity index (χ1n) is 9.52. The van der Waals surface area contributed by atoms with Gasteiger partial charge < -0.3 is 9.80 Å². The molecule has 2 aromatic rings. The van der Waals surface area contributed by atoms with Crippen molar-refractivity contribution in [2.75, 3.05) is 0 Å². The number of hydrogen-bond donors (Lipinski definition) is 0. The van der Waals surface area contributed by atoms with E-state index in [2.05, 4.69) is 0 Å². The molecule has 0 spiro atoms. The number of fused-ring (bicyclic) bond motifs is 2. The summed E-state index contributed by atoms with van der Waals surface area (Å²) in [5.74, 6) is 0.253. The Morgan fingerprint density at radius 1 is 0.654 bits per heavy atom. The Balaban J connectivity index is 1.45. The monoisotopic (exact) mass is 346 g/mol. The average molecular weight is 346 g/mol. The molecular formula is C22H22N2O2. The summed E-state index contributed by atoms with van der Waals surface area (Å²) in [6, 6.07) is 16.0. The van der Waals surface area contributed by atoms with Crippen LogP contribution in [0.15, 0.2) is 48.5 Å². The zero-order valence-corrected chi connectivity index (χ0v) is 14.7. The van der Waals surface area contributed by atoms with Gasteiger partial charge in [0.15, 0.2) is 0 Å². The van der Waals surface area contributed by atoms with Gasteiger partial charge >= 0.3 is 0 Å². The maximum Gasteiger partial charge on any atom is 0.254 e. The van der Waals surface area contributed by atoms with Crippen molar-refractivity contribution in [1.82, 2.24) is 9.80 Å². The zero-order chi connectivity index (χ0) is 17.7. The second-order valence-corrected chi connectivity index (χ2v) is 7.60. The summed E-state index contributed by atoms with van der Waals surface area (Å²) < 4.78 is 0. The topological polar surface area (TPSA) is 40.6 Å². The lowest BCUT2D eigenvalue weighted by Crippen LogP contribution is -2.53. The lowest BCUT2D eigenvalue weighted by atomic mass is 9.88. The van der Waals surface area contributed by atoms with Crippen molar-refractivity contribution in [3.05, 3.63) is 70.8 Å². The molecule has 0 N–H and O–H groups in total. The Kier molecular flexibility index (Phi) is 3.59. The van der Waals surface area contributed by atoms with E-state index >= 15 is 0 Å². The fourth-order valence-corrected chi connectivity index (χ4v) is 4.91. The molecule has 2 amide bonds. The summed E-state index contributed by atoms with van der Waals surface area (Å²) in [6.07, 6.45) is 4.20. The molecule has 2 aromatic carbocycles. The summed E-state index contributed by atoms with van der Waals surface area (Å²) in [4.78, 5) is 30.0. The van der Waals surface area contributed by atoms with Gasteiger partial charge in [0, 0.05) is 24.2 Å². The molecule has 0 aromatic heterocycles. The Bertz CT molecular complexity index is 818. The number of hydrogen-bond acceptors (Lipinski definition) is 2. The number of rotatable bonds is 2. The van der Waals surface area contributed by atoms with Gasteiger partial charge in [0.2, 0.25) is 0 Å². The van der Waals surface area contributed by atoms with Crippen molar-refractivity contribution < 1.29 is 9.59 Å². The Morgan fingerprint density at radius 2 is 1.08 bits per heavy atom. The van der Waals surface area contributed by atoms with E-state index in [1.54, 1.807) is 0 Å². The third-order valence-electron chi connectivity index (χ3n) is 6.19. The van der Waals surface area contributed by atoms with Crippen molar-refractivity contribution in [2.45, 2.75) is 50.9 Å². The van der Waals surface area contributed by atoms with Gasteiger partial charge in [-0.1, -0.05) is 49.2 Å². The van der Waals surface area contributed by atoms with Crippen molar-refractivity contribution in [1.29, 1.82) is 0 Å². The molecule has 3 aliphatic rings. The number of benzene rings is 2. The maximum atomic E-state index is 13.0. The van der Waals surface area contributed by atoms with Gasteiger partial charge in [-0.2, -0.15) is 0 Å². The van der Waals surface area contributed by atoms with E-state index in [1.165, 1.54) is 0 Å². The first-order chi connectivity index (χ1) is 12.7. The molecule has 0 radical (unpaired) electrons. The highest BCUT2D eigenvalue weighted by Gasteiger charge is 2.43. The van der Waals surface area contributed by atoms with Crippen molar-refractivity contribution in [3.63, 3.8) is 0 Å². The first kappa shape index (κ1) is 15.6. The summed E-state index contributed by atoms with van der Waals surface area (Å²) in [7, 11) is 0. The van der Waals surface area contributed by atoms with E-state index in [4.69, 9.17) is 0 Å². The van der Waals surface area contributed by atoms with Crippen LogP contribution in [0.2, 0.25) is 0 Å². The molecule has 5 rings (SSSR count). The van der Waals surface area contributed by atoms with E-state index in [0.29, 0.717) is 13.1 Å². The molecule has 0 saturated heterocycles. The Morgan fingerprint density at radius 3 is 1.50 bits per heavy atom. The van der Waals surface area contributed by atoms with Gasteiger partial charge in [0.05, 0.1) is 12.1 Å². The van der Waals surface area contributed by atoms with Crippen LogP contribution in [0, 0.1) is 0 Å². The van der Waals surface area contributed by atoms with Gasteiger partial charge in [0.25, 0.3) is 11.8 Å². The standard InChI is InChI=1S/C22H22N2O2/c25-21-17-9-3-1-7-15(17)13-23(21)19-11-5-6-12-20(19)24-14-16-8-2-4-10-18(16)22(24)26/h1-4,7-10,19-20H,5-6,11-14H2/t19-,20-/m1/s1.